The molecule has 0 atom stereocenters. The first-order valence-corrected chi connectivity index (χ1v) is 8.38. The molecule has 0 saturated carbocycles. The van der Waals surface area contributed by atoms with Gasteiger partial charge in [-0.15, -0.1) is 11.8 Å². The van der Waals surface area contributed by atoms with Crippen LogP contribution in [0.5, 0.6) is 5.75 Å². The molecule has 0 spiro atoms. The van der Waals surface area contributed by atoms with E-state index in [4.69, 9.17) is 0 Å². The quantitative estimate of drug-likeness (QED) is 0.468. The van der Waals surface area contributed by atoms with E-state index in [1.54, 1.807) is 30.0 Å². The van der Waals surface area contributed by atoms with E-state index in [-0.39, 0.29) is 11.5 Å². The first-order chi connectivity index (χ1) is 10.0. The SMILES string of the molecule is CSc1ccc(/C=C/C(=O)c2cc(C)cc(Br)c2O)cc1. The Kier molecular flexibility index (Phi) is 5.26. The average Bonchev–Trinajstić information content (AvgIpc) is 2.49. The number of thioether (sulfide) groups is 1. The van der Waals surface area contributed by atoms with Gasteiger partial charge < -0.3 is 5.11 Å². The topological polar surface area (TPSA) is 37.3 Å². The molecule has 2 aromatic carbocycles. The van der Waals surface area contributed by atoms with E-state index < -0.39 is 0 Å². The maximum absolute atomic E-state index is 12.2. The fourth-order valence-corrected chi connectivity index (χ4v) is 2.88. The minimum atomic E-state index is -0.217. The Hall–Kier alpha value is -1.52. The zero-order chi connectivity index (χ0) is 15.4. The Bertz CT molecular complexity index is 691. The molecule has 4 heteroatoms. The predicted octanol–water partition coefficient (Wildman–Crippen LogP) is 5.08. The minimum absolute atomic E-state index is 0.0204. The summed E-state index contributed by atoms with van der Waals surface area (Å²) in [6.45, 7) is 1.88. The summed E-state index contributed by atoms with van der Waals surface area (Å²) in [6, 6.07) is 11.4. The van der Waals surface area contributed by atoms with Gasteiger partial charge in [0, 0.05) is 4.90 Å². The van der Waals surface area contributed by atoms with Crippen molar-refractivity contribution >= 4 is 39.6 Å². The third-order valence-corrected chi connectivity index (χ3v) is 4.36. The summed E-state index contributed by atoms with van der Waals surface area (Å²) in [5.74, 6) is -0.237. The van der Waals surface area contributed by atoms with Crippen LogP contribution in [0.2, 0.25) is 0 Å². The van der Waals surface area contributed by atoms with Crippen LogP contribution in [0.3, 0.4) is 0 Å². The molecule has 0 aliphatic carbocycles. The van der Waals surface area contributed by atoms with E-state index in [2.05, 4.69) is 15.9 Å². The number of ketones is 1. The van der Waals surface area contributed by atoms with Gasteiger partial charge in [0.1, 0.15) is 5.75 Å². The minimum Gasteiger partial charge on any atom is -0.506 e. The fourth-order valence-electron chi connectivity index (χ4n) is 1.90. The lowest BCUT2D eigenvalue weighted by Crippen LogP contribution is -1.96. The monoisotopic (exact) mass is 362 g/mol. The second kappa shape index (κ2) is 6.96. The highest BCUT2D eigenvalue weighted by Gasteiger charge is 2.12. The number of hydrogen-bond donors (Lipinski definition) is 1. The first kappa shape index (κ1) is 15.9. The van der Waals surface area contributed by atoms with E-state index in [0.717, 1.165) is 11.1 Å². The number of benzene rings is 2. The summed E-state index contributed by atoms with van der Waals surface area (Å²) < 4.78 is 0.531. The number of carbonyl (C=O) groups excluding carboxylic acids is 1. The molecule has 2 aromatic rings. The van der Waals surface area contributed by atoms with Crippen LogP contribution in [0.1, 0.15) is 21.5 Å². The number of allylic oxidation sites excluding steroid dienone is 1. The Morgan fingerprint density at radius 1 is 1.24 bits per heavy atom. The van der Waals surface area contributed by atoms with Crippen molar-refractivity contribution in [2.24, 2.45) is 0 Å². The van der Waals surface area contributed by atoms with Gasteiger partial charge in [0.05, 0.1) is 10.0 Å². The molecule has 0 heterocycles. The maximum Gasteiger partial charge on any atom is 0.189 e. The second-order valence-electron chi connectivity index (χ2n) is 4.61. The average molecular weight is 363 g/mol. The lowest BCUT2D eigenvalue weighted by molar-refractivity contribution is 0.104. The van der Waals surface area contributed by atoms with Crippen LogP contribution in [0, 0.1) is 6.92 Å². The van der Waals surface area contributed by atoms with Crippen molar-refractivity contribution in [2.45, 2.75) is 11.8 Å². The Morgan fingerprint density at radius 2 is 1.90 bits per heavy atom. The zero-order valence-corrected chi connectivity index (χ0v) is 14.2. The molecule has 0 aromatic heterocycles. The normalized spacial score (nSPS) is 11.0. The number of rotatable bonds is 4. The van der Waals surface area contributed by atoms with Crippen molar-refractivity contribution in [2.75, 3.05) is 6.26 Å². The van der Waals surface area contributed by atoms with Crippen molar-refractivity contribution in [3.05, 3.63) is 63.6 Å². The van der Waals surface area contributed by atoms with Crippen molar-refractivity contribution < 1.29 is 9.90 Å². The van der Waals surface area contributed by atoms with Gasteiger partial charge in [-0.1, -0.05) is 18.2 Å². The molecular weight excluding hydrogens is 348 g/mol. The molecule has 2 nitrogen and oxygen atoms in total. The number of halogens is 1. The van der Waals surface area contributed by atoms with E-state index in [1.165, 1.54) is 11.0 Å². The van der Waals surface area contributed by atoms with Gasteiger partial charge >= 0.3 is 0 Å². The molecule has 0 bridgehead atoms. The summed E-state index contributed by atoms with van der Waals surface area (Å²) >= 11 is 4.92. The highest BCUT2D eigenvalue weighted by Crippen LogP contribution is 2.30. The summed E-state index contributed by atoms with van der Waals surface area (Å²) in [4.78, 5) is 13.4. The maximum atomic E-state index is 12.2. The van der Waals surface area contributed by atoms with Crippen LogP contribution in [0.25, 0.3) is 6.08 Å². The van der Waals surface area contributed by atoms with Crippen LogP contribution < -0.4 is 0 Å². The van der Waals surface area contributed by atoms with Gasteiger partial charge in [-0.25, -0.2) is 0 Å². The van der Waals surface area contributed by atoms with Gasteiger partial charge in [0.15, 0.2) is 5.78 Å². The predicted molar refractivity (Wildman–Crippen MR) is 92.1 cm³/mol. The summed E-state index contributed by atoms with van der Waals surface area (Å²) in [6.07, 6.45) is 5.25. The molecule has 0 amide bonds. The molecule has 0 aliphatic heterocycles. The number of phenolic OH excluding ortho intramolecular Hbond substituents is 1. The third kappa shape index (κ3) is 3.99. The number of hydrogen-bond acceptors (Lipinski definition) is 3. The molecule has 108 valence electrons. The Labute approximate surface area is 137 Å². The van der Waals surface area contributed by atoms with Crippen molar-refractivity contribution in [3.8, 4) is 5.75 Å². The van der Waals surface area contributed by atoms with Gasteiger partial charge in [-0.3, -0.25) is 4.79 Å². The third-order valence-electron chi connectivity index (χ3n) is 3.02. The molecular formula is C17H15BrO2S. The standard InChI is InChI=1S/C17H15BrO2S/c1-11-9-14(17(20)15(18)10-11)16(19)8-5-12-3-6-13(21-2)7-4-12/h3-10,20H,1-2H3/b8-5+. The van der Waals surface area contributed by atoms with Gasteiger partial charge in [0.25, 0.3) is 0 Å². The largest absolute Gasteiger partial charge is 0.506 e. The van der Waals surface area contributed by atoms with Gasteiger partial charge in [-0.05, 0) is 70.6 Å². The summed E-state index contributed by atoms with van der Waals surface area (Å²) in [7, 11) is 0. The molecule has 0 saturated heterocycles. The highest BCUT2D eigenvalue weighted by molar-refractivity contribution is 9.10. The van der Waals surface area contributed by atoms with Crippen molar-refractivity contribution in [1.29, 1.82) is 0 Å². The highest BCUT2D eigenvalue weighted by atomic mass is 79.9. The zero-order valence-electron chi connectivity index (χ0n) is 11.8. The summed E-state index contributed by atoms with van der Waals surface area (Å²) in [5.41, 5.74) is 2.17. The van der Waals surface area contributed by atoms with E-state index in [0.29, 0.717) is 10.0 Å². The van der Waals surface area contributed by atoms with Gasteiger partial charge in [-0.2, -0.15) is 0 Å². The smallest absolute Gasteiger partial charge is 0.189 e. The fraction of sp³-hybridized carbons (Fsp3) is 0.118. The molecule has 0 fully saturated rings. The van der Waals surface area contributed by atoms with E-state index >= 15 is 0 Å². The molecule has 0 unspecified atom stereocenters. The van der Waals surface area contributed by atoms with Gasteiger partial charge in [0.2, 0.25) is 0 Å². The lowest BCUT2D eigenvalue weighted by atomic mass is 10.1. The van der Waals surface area contributed by atoms with E-state index in [9.17, 15) is 9.90 Å². The van der Waals surface area contributed by atoms with E-state index in [1.807, 2.05) is 37.4 Å². The first-order valence-electron chi connectivity index (χ1n) is 6.37. The van der Waals surface area contributed by atoms with Crippen LogP contribution in [-0.4, -0.2) is 17.1 Å². The number of aromatic hydroxyl groups is 1. The number of carbonyl (C=O) groups is 1. The molecule has 1 N–H and O–H groups in total. The molecule has 21 heavy (non-hydrogen) atoms. The van der Waals surface area contributed by atoms with Crippen molar-refractivity contribution in [3.63, 3.8) is 0 Å². The van der Waals surface area contributed by atoms with Crippen LogP contribution in [-0.2, 0) is 0 Å². The van der Waals surface area contributed by atoms with Crippen molar-refractivity contribution in [1.82, 2.24) is 0 Å². The molecule has 2 rings (SSSR count). The number of phenols is 1. The van der Waals surface area contributed by atoms with Crippen LogP contribution in [0.4, 0.5) is 0 Å². The molecule has 0 radical (unpaired) electrons. The summed E-state index contributed by atoms with van der Waals surface area (Å²) in [5, 5.41) is 9.95. The molecule has 0 aliphatic rings. The lowest BCUT2D eigenvalue weighted by Gasteiger charge is -2.05. The Morgan fingerprint density at radius 3 is 2.52 bits per heavy atom. The van der Waals surface area contributed by atoms with Crippen LogP contribution in [0.15, 0.2) is 51.8 Å². The second-order valence-corrected chi connectivity index (χ2v) is 6.35. The number of aryl methyl sites for hydroxylation is 1. The Balaban J connectivity index is 2.22. The van der Waals surface area contributed by atoms with Crippen LogP contribution >= 0.6 is 27.7 Å².